The Hall–Kier alpha value is -2.21. The molecule has 2 atom stereocenters. The van der Waals surface area contributed by atoms with Gasteiger partial charge < -0.3 is 5.32 Å². The van der Waals surface area contributed by atoms with Gasteiger partial charge in [-0.15, -0.1) is 11.3 Å². The number of benzene rings is 1. The van der Waals surface area contributed by atoms with Gasteiger partial charge >= 0.3 is 0 Å². The number of nitriles is 1. The van der Waals surface area contributed by atoms with Gasteiger partial charge in [0.1, 0.15) is 17.1 Å². The summed E-state index contributed by atoms with van der Waals surface area (Å²) in [6.45, 7) is 4.41. The minimum absolute atomic E-state index is 0.200. The van der Waals surface area contributed by atoms with E-state index in [1.165, 1.54) is 15.6 Å². The maximum atomic E-state index is 13.1. The number of sulfonamides is 1. The van der Waals surface area contributed by atoms with Crippen LogP contribution in [0.2, 0.25) is 0 Å². The maximum absolute atomic E-state index is 13.1. The van der Waals surface area contributed by atoms with Crippen LogP contribution in [0.5, 0.6) is 0 Å². The van der Waals surface area contributed by atoms with Crippen LogP contribution in [0.3, 0.4) is 0 Å². The fourth-order valence-corrected chi connectivity index (χ4v) is 7.31. The van der Waals surface area contributed by atoms with E-state index in [4.69, 9.17) is 0 Å². The van der Waals surface area contributed by atoms with Crippen LogP contribution in [0, 0.1) is 24.2 Å². The zero-order chi connectivity index (χ0) is 21.5. The Morgan fingerprint density at radius 3 is 2.70 bits per heavy atom. The van der Waals surface area contributed by atoms with E-state index >= 15 is 0 Å². The highest BCUT2D eigenvalue weighted by Crippen LogP contribution is 2.39. The van der Waals surface area contributed by atoms with Crippen molar-refractivity contribution in [3.63, 3.8) is 0 Å². The smallest absolute Gasteiger partial charge is 0.243 e. The minimum Gasteiger partial charge on any atom is -0.315 e. The predicted octanol–water partition coefficient (Wildman–Crippen LogP) is 3.84. The Morgan fingerprint density at radius 2 is 2.00 bits per heavy atom. The van der Waals surface area contributed by atoms with Crippen LogP contribution >= 0.6 is 11.3 Å². The van der Waals surface area contributed by atoms with Gasteiger partial charge in [0.25, 0.3) is 0 Å². The molecule has 30 heavy (non-hydrogen) atoms. The van der Waals surface area contributed by atoms with E-state index in [0.717, 1.165) is 35.3 Å². The molecule has 1 fully saturated rings. The first-order chi connectivity index (χ1) is 14.3. The number of carbonyl (C=O) groups excluding carboxylic acids is 1. The molecule has 1 aliphatic heterocycles. The summed E-state index contributed by atoms with van der Waals surface area (Å²) < 4.78 is 27.6. The van der Waals surface area contributed by atoms with Gasteiger partial charge in [-0.1, -0.05) is 24.6 Å². The molecule has 2 aliphatic rings. The van der Waals surface area contributed by atoms with E-state index in [1.54, 1.807) is 24.3 Å². The van der Waals surface area contributed by atoms with Gasteiger partial charge in [-0.05, 0) is 62.6 Å². The summed E-state index contributed by atoms with van der Waals surface area (Å²) in [7, 11) is -3.76. The standard InChI is InChI=1S/C22H25N3O3S2/c1-14-5-8-16(9-6-14)30(27,28)25-11-3-4-19(25)21(26)24-22-18(13-23)17-10-7-15(2)12-20(17)29-22/h5-6,8-9,15,19H,3-4,7,10-12H2,1-2H3,(H,24,26)/t15-,19-/m0/s1. The van der Waals surface area contributed by atoms with Crippen molar-refractivity contribution >= 4 is 32.3 Å². The van der Waals surface area contributed by atoms with Crippen LogP contribution < -0.4 is 5.32 Å². The van der Waals surface area contributed by atoms with Gasteiger partial charge in [0.2, 0.25) is 15.9 Å². The Balaban J connectivity index is 1.58. The fraction of sp³-hybridized carbons (Fsp3) is 0.455. The lowest BCUT2D eigenvalue weighted by Gasteiger charge is -2.23. The summed E-state index contributed by atoms with van der Waals surface area (Å²) in [5.41, 5.74) is 2.57. The van der Waals surface area contributed by atoms with Crippen molar-refractivity contribution in [1.82, 2.24) is 4.31 Å². The normalized spacial score (nSPS) is 21.8. The third kappa shape index (κ3) is 3.78. The molecular weight excluding hydrogens is 418 g/mol. The number of aryl methyl sites for hydroxylation is 1. The quantitative estimate of drug-likeness (QED) is 0.777. The molecule has 0 spiro atoms. The lowest BCUT2D eigenvalue weighted by Crippen LogP contribution is -2.43. The molecule has 1 aromatic carbocycles. The molecule has 2 aromatic rings. The molecule has 0 bridgehead atoms. The third-order valence-electron chi connectivity index (χ3n) is 5.99. The van der Waals surface area contributed by atoms with E-state index in [1.807, 2.05) is 6.92 Å². The summed E-state index contributed by atoms with van der Waals surface area (Å²) >= 11 is 1.46. The molecular formula is C22H25N3O3S2. The van der Waals surface area contributed by atoms with E-state index in [0.29, 0.717) is 35.9 Å². The second-order valence-electron chi connectivity index (χ2n) is 8.24. The zero-order valence-electron chi connectivity index (χ0n) is 17.1. The molecule has 0 unspecified atom stereocenters. The van der Waals surface area contributed by atoms with Crippen molar-refractivity contribution in [2.75, 3.05) is 11.9 Å². The largest absolute Gasteiger partial charge is 0.315 e. The van der Waals surface area contributed by atoms with Crippen molar-refractivity contribution in [3.8, 4) is 6.07 Å². The number of carbonyl (C=O) groups is 1. The Morgan fingerprint density at radius 1 is 1.27 bits per heavy atom. The van der Waals surface area contributed by atoms with Gasteiger partial charge in [-0.3, -0.25) is 4.79 Å². The summed E-state index contributed by atoms with van der Waals surface area (Å²) in [6, 6.07) is 8.17. The predicted molar refractivity (Wildman–Crippen MR) is 117 cm³/mol. The number of amides is 1. The topological polar surface area (TPSA) is 90.3 Å². The molecule has 0 radical (unpaired) electrons. The Labute approximate surface area is 181 Å². The van der Waals surface area contributed by atoms with Gasteiger partial charge in [-0.2, -0.15) is 9.57 Å². The van der Waals surface area contributed by atoms with Gasteiger partial charge in [0.15, 0.2) is 0 Å². The second-order valence-corrected chi connectivity index (χ2v) is 11.2. The molecule has 2 heterocycles. The summed E-state index contributed by atoms with van der Waals surface area (Å²) in [6.07, 6.45) is 3.91. The highest BCUT2D eigenvalue weighted by molar-refractivity contribution is 7.89. The average molecular weight is 444 g/mol. The number of nitrogens with one attached hydrogen (secondary N) is 1. The van der Waals surface area contributed by atoms with Crippen LogP contribution in [0.15, 0.2) is 29.2 Å². The lowest BCUT2D eigenvalue weighted by atomic mass is 9.88. The van der Waals surface area contributed by atoms with Crippen molar-refractivity contribution in [2.24, 2.45) is 5.92 Å². The summed E-state index contributed by atoms with van der Waals surface area (Å²) in [5.74, 6) is 0.211. The maximum Gasteiger partial charge on any atom is 0.243 e. The van der Waals surface area contributed by atoms with Crippen molar-refractivity contribution in [3.05, 3.63) is 45.8 Å². The van der Waals surface area contributed by atoms with Crippen LogP contribution in [0.1, 0.15) is 47.8 Å². The first-order valence-corrected chi connectivity index (χ1v) is 12.5. The molecule has 8 heteroatoms. The van der Waals surface area contributed by atoms with Crippen LogP contribution in [0.4, 0.5) is 5.00 Å². The molecule has 1 N–H and O–H groups in total. The minimum atomic E-state index is -3.76. The summed E-state index contributed by atoms with van der Waals surface area (Å²) in [5, 5.41) is 13.1. The number of hydrogen-bond donors (Lipinski definition) is 1. The van der Waals surface area contributed by atoms with Crippen LogP contribution in [-0.4, -0.2) is 31.2 Å². The first kappa shape index (κ1) is 21.0. The van der Waals surface area contributed by atoms with Crippen molar-refractivity contribution in [1.29, 1.82) is 5.26 Å². The first-order valence-electron chi connectivity index (χ1n) is 10.2. The monoisotopic (exact) mass is 443 g/mol. The number of anilines is 1. The third-order valence-corrected chi connectivity index (χ3v) is 9.09. The SMILES string of the molecule is Cc1ccc(S(=O)(=O)N2CCC[C@H]2C(=O)Nc2sc3c(c2C#N)CC[C@H](C)C3)cc1. The number of nitrogens with zero attached hydrogens (tertiary/aromatic N) is 2. The second kappa shape index (κ2) is 8.14. The molecule has 158 valence electrons. The molecule has 6 nitrogen and oxygen atoms in total. The number of fused-ring (bicyclic) bond motifs is 1. The van der Waals surface area contributed by atoms with E-state index in [2.05, 4.69) is 18.3 Å². The van der Waals surface area contributed by atoms with Crippen molar-refractivity contribution in [2.45, 2.75) is 56.9 Å². The van der Waals surface area contributed by atoms with E-state index in [-0.39, 0.29) is 10.8 Å². The number of rotatable bonds is 4. The average Bonchev–Trinajstić information content (AvgIpc) is 3.32. The van der Waals surface area contributed by atoms with Crippen LogP contribution in [0.25, 0.3) is 0 Å². The van der Waals surface area contributed by atoms with Crippen molar-refractivity contribution < 1.29 is 13.2 Å². The highest BCUT2D eigenvalue weighted by Gasteiger charge is 2.40. The molecule has 1 amide bonds. The zero-order valence-corrected chi connectivity index (χ0v) is 18.8. The Kier molecular flexibility index (Phi) is 5.71. The highest BCUT2D eigenvalue weighted by atomic mass is 32.2. The van der Waals surface area contributed by atoms with E-state index in [9.17, 15) is 18.5 Å². The number of hydrogen-bond acceptors (Lipinski definition) is 5. The van der Waals surface area contributed by atoms with Crippen LogP contribution in [-0.2, 0) is 27.7 Å². The summed E-state index contributed by atoms with van der Waals surface area (Å²) in [4.78, 5) is 14.4. The van der Waals surface area contributed by atoms with Gasteiger partial charge in [0.05, 0.1) is 10.5 Å². The van der Waals surface area contributed by atoms with Gasteiger partial charge in [0, 0.05) is 11.4 Å². The van der Waals surface area contributed by atoms with Gasteiger partial charge in [-0.25, -0.2) is 8.42 Å². The molecule has 1 aromatic heterocycles. The molecule has 0 saturated carbocycles. The van der Waals surface area contributed by atoms with E-state index < -0.39 is 16.1 Å². The molecule has 1 aliphatic carbocycles. The fourth-order valence-electron chi connectivity index (χ4n) is 4.29. The molecule has 1 saturated heterocycles. The lowest BCUT2D eigenvalue weighted by molar-refractivity contribution is -0.119. The number of thiophene rings is 1. The molecule has 4 rings (SSSR count). The Bertz CT molecular complexity index is 1110.